The molecule has 1 saturated heterocycles. The van der Waals surface area contributed by atoms with Gasteiger partial charge >= 0.3 is 0 Å². The van der Waals surface area contributed by atoms with Crippen molar-refractivity contribution < 1.29 is 0 Å². The molecule has 2 fully saturated rings. The predicted molar refractivity (Wildman–Crippen MR) is 74.3 cm³/mol. The number of nitrogens with zero attached hydrogens (tertiary/aromatic N) is 1. The van der Waals surface area contributed by atoms with Crippen molar-refractivity contribution >= 4 is 0 Å². The first-order chi connectivity index (χ1) is 8.24. The smallest absolute Gasteiger partial charge is 0.0107 e. The largest absolute Gasteiger partial charge is 0.313 e. The average Bonchev–Trinajstić information content (AvgIpc) is 2.32. The molecule has 0 aromatic heterocycles. The molecule has 1 N–H and O–H groups in total. The maximum absolute atomic E-state index is 3.76. The molecule has 0 spiro atoms. The Balaban J connectivity index is 1.56. The van der Waals surface area contributed by atoms with Crippen LogP contribution in [0.2, 0.25) is 0 Å². The van der Waals surface area contributed by atoms with E-state index in [0.717, 1.165) is 17.9 Å². The van der Waals surface area contributed by atoms with Crippen molar-refractivity contribution in [3.05, 3.63) is 0 Å². The molecule has 2 nitrogen and oxygen atoms in total. The van der Waals surface area contributed by atoms with Gasteiger partial charge in [-0.05, 0) is 56.9 Å². The number of nitrogens with one attached hydrogen (secondary N) is 1. The molecule has 1 heterocycles. The third-order valence-electron chi connectivity index (χ3n) is 4.62. The lowest BCUT2D eigenvalue weighted by atomic mass is 9.87. The Morgan fingerprint density at radius 2 is 1.76 bits per heavy atom. The molecule has 1 unspecified atom stereocenters. The van der Waals surface area contributed by atoms with Gasteiger partial charge in [0, 0.05) is 25.7 Å². The molecule has 0 aromatic carbocycles. The van der Waals surface area contributed by atoms with Crippen molar-refractivity contribution in [2.45, 2.75) is 58.4 Å². The Kier molecular flexibility index (Phi) is 5.30. The van der Waals surface area contributed by atoms with Crippen molar-refractivity contribution in [1.82, 2.24) is 10.2 Å². The highest BCUT2D eigenvalue weighted by atomic mass is 15.1. The summed E-state index contributed by atoms with van der Waals surface area (Å²) in [5, 5.41) is 3.76. The van der Waals surface area contributed by atoms with Gasteiger partial charge < -0.3 is 10.2 Å². The Labute approximate surface area is 107 Å². The minimum Gasteiger partial charge on any atom is -0.313 e. The first-order valence-corrected chi connectivity index (χ1v) is 7.70. The summed E-state index contributed by atoms with van der Waals surface area (Å²) in [5.74, 6) is 1.88. The Hall–Kier alpha value is -0.0800. The molecule has 1 aliphatic heterocycles. The fourth-order valence-electron chi connectivity index (χ4n) is 3.38. The van der Waals surface area contributed by atoms with E-state index in [-0.39, 0.29) is 0 Å². The maximum atomic E-state index is 3.76. The number of rotatable bonds is 4. The third-order valence-corrected chi connectivity index (χ3v) is 4.62. The summed E-state index contributed by atoms with van der Waals surface area (Å²) in [5.41, 5.74) is 0. The van der Waals surface area contributed by atoms with E-state index in [1.807, 2.05) is 0 Å². The van der Waals surface area contributed by atoms with Crippen LogP contribution in [0.4, 0.5) is 0 Å². The van der Waals surface area contributed by atoms with Gasteiger partial charge in [-0.15, -0.1) is 0 Å². The van der Waals surface area contributed by atoms with E-state index in [1.54, 1.807) is 0 Å². The summed E-state index contributed by atoms with van der Waals surface area (Å²) in [4.78, 5) is 2.65. The zero-order chi connectivity index (χ0) is 12.1. The highest BCUT2D eigenvalue weighted by Gasteiger charge is 2.19. The van der Waals surface area contributed by atoms with E-state index in [1.165, 1.54) is 64.7 Å². The monoisotopic (exact) mass is 238 g/mol. The molecular formula is C15H30N2. The molecule has 17 heavy (non-hydrogen) atoms. The minimum absolute atomic E-state index is 0.813. The molecule has 1 atom stereocenters. The first kappa shape index (κ1) is 13.4. The van der Waals surface area contributed by atoms with Crippen LogP contribution in [0.3, 0.4) is 0 Å². The normalized spacial score (nSPS) is 36.0. The molecule has 1 aliphatic carbocycles. The molecule has 2 heteroatoms. The van der Waals surface area contributed by atoms with Crippen LogP contribution in [0.5, 0.6) is 0 Å². The molecule has 2 rings (SSSR count). The quantitative estimate of drug-likeness (QED) is 0.810. The number of likely N-dealkylation sites (tertiary alicyclic amines) is 1. The van der Waals surface area contributed by atoms with Gasteiger partial charge in [-0.3, -0.25) is 0 Å². The van der Waals surface area contributed by atoms with Gasteiger partial charge in [0.25, 0.3) is 0 Å². The van der Waals surface area contributed by atoms with Crippen LogP contribution in [-0.4, -0.2) is 37.1 Å². The highest BCUT2D eigenvalue weighted by molar-refractivity contribution is 4.76. The lowest BCUT2D eigenvalue weighted by molar-refractivity contribution is 0.180. The Morgan fingerprint density at radius 3 is 2.47 bits per heavy atom. The van der Waals surface area contributed by atoms with Gasteiger partial charge in [0.2, 0.25) is 0 Å². The second-order valence-corrected chi connectivity index (χ2v) is 6.46. The summed E-state index contributed by atoms with van der Waals surface area (Å²) in [6, 6.07) is 0.813. The molecule has 100 valence electrons. The van der Waals surface area contributed by atoms with E-state index in [9.17, 15) is 0 Å². The van der Waals surface area contributed by atoms with Crippen LogP contribution >= 0.6 is 0 Å². The van der Waals surface area contributed by atoms with Crippen LogP contribution in [0.1, 0.15) is 52.4 Å². The zero-order valence-electron chi connectivity index (χ0n) is 11.8. The fourth-order valence-corrected chi connectivity index (χ4v) is 3.38. The predicted octanol–water partition coefficient (Wildman–Crippen LogP) is 2.89. The van der Waals surface area contributed by atoms with Crippen LogP contribution in [0, 0.1) is 11.8 Å². The fraction of sp³-hybridized carbons (Fsp3) is 1.00. The van der Waals surface area contributed by atoms with Gasteiger partial charge in [-0.2, -0.15) is 0 Å². The summed E-state index contributed by atoms with van der Waals surface area (Å²) >= 11 is 0. The van der Waals surface area contributed by atoms with E-state index in [0.29, 0.717) is 0 Å². The van der Waals surface area contributed by atoms with Crippen molar-refractivity contribution in [1.29, 1.82) is 0 Å². The second-order valence-electron chi connectivity index (χ2n) is 6.46. The van der Waals surface area contributed by atoms with Gasteiger partial charge in [0.15, 0.2) is 0 Å². The van der Waals surface area contributed by atoms with Gasteiger partial charge in [0.05, 0.1) is 0 Å². The van der Waals surface area contributed by atoms with Crippen LogP contribution in [0.15, 0.2) is 0 Å². The molecular weight excluding hydrogens is 208 g/mol. The number of piperidine rings is 1. The highest BCUT2D eigenvalue weighted by Crippen LogP contribution is 2.23. The minimum atomic E-state index is 0.813. The third kappa shape index (κ3) is 4.59. The summed E-state index contributed by atoms with van der Waals surface area (Å²) in [7, 11) is 0. The summed E-state index contributed by atoms with van der Waals surface area (Å²) in [6.45, 7) is 9.90. The molecule has 0 aromatic rings. The van der Waals surface area contributed by atoms with Crippen LogP contribution < -0.4 is 5.32 Å². The van der Waals surface area contributed by atoms with Gasteiger partial charge in [-0.1, -0.05) is 13.8 Å². The maximum Gasteiger partial charge on any atom is 0.0107 e. The number of hydrogen-bond donors (Lipinski definition) is 1. The lowest BCUT2D eigenvalue weighted by Crippen LogP contribution is -2.42. The number of hydrogen-bond acceptors (Lipinski definition) is 2. The van der Waals surface area contributed by atoms with Crippen LogP contribution in [0.25, 0.3) is 0 Å². The average molecular weight is 238 g/mol. The molecule has 0 bridgehead atoms. The van der Waals surface area contributed by atoms with Crippen molar-refractivity contribution in [3.8, 4) is 0 Å². The summed E-state index contributed by atoms with van der Waals surface area (Å²) in [6.07, 6.45) is 8.50. The SMILES string of the molecule is CC1CCC(NCCN2CCCC(C)C2)CC1. The van der Waals surface area contributed by atoms with E-state index in [2.05, 4.69) is 24.1 Å². The molecule has 0 amide bonds. The second kappa shape index (κ2) is 6.75. The topological polar surface area (TPSA) is 15.3 Å². The Morgan fingerprint density at radius 1 is 1.00 bits per heavy atom. The first-order valence-electron chi connectivity index (χ1n) is 7.70. The van der Waals surface area contributed by atoms with Crippen molar-refractivity contribution in [2.24, 2.45) is 11.8 Å². The Bertz CT molecular complexity index is 209. The summed E-state index contributed by atoms with van der Waals surface area (Å²) < 4.78 is 0. The van der Waals surface area contributed by atoms with E-state index >= 15 is 0 Å². The van der Waals surface area contributed by atoms with Gasteiger partial charge in [0.1, 0.15) is 0 Å². The van der Waals surface area contributed by atoms with Gasteiger partial charge in [-0.25, -0.2) is 0 Å². The van der Waals surface area contributed by atoms with E-state index < -0.39 is 0 Å². The molecule has 2 aliphatic rings. The lowest BCUT2D eigenvalue weighted by Gasteiger charge is -2.32. The molecule has 0 radical (unpaired) electrons. The van der Waals surface area contributed by atoms with Crippen molar-refractivity contribution in [3.63, 3.8) is 0 Å². The van der Waals surface area contributed by atoms with E-state index in [4.69, 9.17) is 0 Å². The standard InChI is InChI=1S/C15H30N2/c1-13-5-7-15(8-6-13)16-9-11-17-10-3-4-14(2)12-17/h13-16H,3-12H2,1-2H3. The van der Waals surface area contributed by atoms with Crippen LogP contribution in [-0.2, 0) is 0 Å². The van der Waals surface area contributed by atoms with Crippen molar-refractivity contribution in [2.75, 3.05) is 26.2 Å². The molecule has 1 saturated carbocycles. The zero-order valence-corrected chi connectivity index (χ0v) is 11.8.